The first kappa shape index (κ1) is 24.3. The number of benzene rings is 2. The summed E-state index contributed by atoms with van der Waals surface area (Å²) < 4.78 is 13.8. The molecule has 0 unspecified atom stereocenters. The fraction of sp³-hybridized carbons (Fsp3) is 0.310. The quantitative estimate of drug-likeness (QED) is 0.242. The Bertz CT molecular complexity index is 1250. The summed E-state index contributed by atoms with van der Waals surface area (Å²) in [6.07, 6.45) is 5.81. The largest absolute Gasteiger partial charge is 0.493 e. The van der Waals surface area contributed by atoms with Crippen LogP contribution in [0.25, 0.3) is 22.7 Å². The van der Waals surface area contributed by atoms with Gasteiger partial charge >= 0.3 is 5.97 Å². The van der Waals surface area contributed by atoms with Crippen LogP contribution in [0.3, 0.4) is 0 Å². The van der Waals surface area contributed by atoms with Gasteiger partial charge in [0.2, 0.25) is 0 Å². The van der Waals surface area contributed by atoms with Crippen LogP contribution in [0.15, 0.2) is 77.5 Å². The van der Waals surface area contributed by atoms with Crippen LogP contribution in [-0.2, 0) is 11.3 Å². The number of aromatic nitrogens is 2. The number of nitrogens with zero attached hydrogens (tertiary/aromatic N) is 2. The monoisotopic (exact) mass is 472 g/mol. The van der Waals surface area contributed by atoms with Crippen molar-refractivity contribution in [2.75, 3.05) is 6.61 Å². The van der Waals surface area contributed by atoms with E-state index in [2.05, 4.69) is 34.7 Å². The molecule has 2 heterocycles. The van der Waals surface area contributed by atoms with Crippen LogP contribution in [0.5, 0.6) is 5.75 Å². The Labute approximate surface area is 206 Å². The highest BCUT2D eigenvalue weighted by atomic mass is 16.5. The highest BCUT2D eigenvalue weighted by molar-refractivity contribution is 5.73. The number of furan rings is 1. The zero-order valence-electron chi connectivity index (χ0n) is 20.5. The second-order valence-electron chi connectivity index (χ2n) is 9.47. The fourth-order valence-corrected chi connectivity index (χ4v) is 4.02. The number of para-hydroxylation sites is 1. The lowest BCUT2D eigenvalue weighted by Gasteiger charge is -2.19. The molecule has 1 N–H and O–H groups in total. The minimum absolute atomic E-state index is 0.552. The molecule has 4 aromatic rings. The molecule has 0 fully saturated rings. The predicted octanol–water partition coefficient (Wildman–Crippen LogP) is 6.83. The summed E-state index contributed by atoms with van der Waals surface area (Å²) in [4.78, 5) is 16.0. The number of carbonyl (C=O) groups is 1. The summed E-state index contributed by atoms with van der Waals surface area (Å²) >= 11 is 0. The molecule has 0 aliphatic carbocycles. The molecule has 0 aliphatic heterocycles. The molecule has 35 heavy (non-hydrogen) atoms. The third-order valence-electron chi connectivity index (χ3n) is 6.34. The van der Waals surface area contributed by atoms with E-state index >= 15 is 0 Å². The molecule has 4 rings (SSSR count). The van der Waals surface area contributed by atoms with E-state index in [1.807, 2.05) is 48.7 Å². The van der Waals surface area contributed by atoms with Gasteiger partial charge in [-0.2, -0.15) is 0 Å². The van der Waals surface area contributed by atoms with Crippen LogP contribution < -0.4 is 4.74 Å². The highest BCUT2D eigenvalue weighted by Gasteiger charge is 2.26. The van der Waals surface area contributed by atoms with E-state index in [4.69, 9.17) is 9.15 Å². The number of carboxylic acids is 1. The van der Waals surface area contributed by atoms with Gasteiger partial charge in [-0.05, 0) is 58.2 Å². The molecule has 0 aliphatic rings. The number of ether oxygens (including phenoxy) is 1. The molecule has 0 saturated carbocycles. The molecule has 0 radical (unpaired) electrons. The van der Waals surface area contributed by atoms with E-state index in [0.717, 1.165) is 52.6 Å². The van der Waals surface area contributed by atoms with Gasteiger partial charge in [-0.15, -0.1) is 0 Å². The number of aryl methyl sites for hydroxylation is 1. The van der Waals surface area contributed by atoms with Crippen molar-refractivity contribution < 1.29 is 19.1 Å². The number of hydrogen-bond acceptors (Lipinski definition) is 4. The third-order valence-corrected chi connectivity index (χ3v) is 6.34. The minimum atomic E-state index is -0.758. The molecular formula is C29H32N2O4. The molecule has 6 heteroatoms. The Morgan fingerprint density at radius 3 is 2.49 bits per heavy atom. The van der Waals surface area contributed by atoms with Gasteiger partial charge in [0.05, 0.1) is 24.8 Å². The van der Waals surface area contributed by atoms with Crippen LogP contribution in [0.1, 0.15) is 44.4 Å². The van der Waals surface area contributed by atoms with Crippen molar-refractivity contribution in [2.24, 2.45) is 5.41 Å². The summed E-state index contributed by atoms with van der Waals surface area (Å²) in [5.41, 5.74) is 3.50. The van der Waals surface area contributed by atoms with E-state index in [-0.39, 0.29) is 0 Å². The van der Waals surface area contributed by atoms with Crippen LogP contribution in [0.4, 0.5) is 0 Å². The molecular weight excluding hydrogens is 440 g/mol. The molecule has 0 spiro atoms. The van der Waals surface area contributed by atoms with E-state index < -0.39 is 11.4 Å². The van der Waals surface area contributed by atoms with Gasteiger partial charge < -0.3 is 18.8 Å². The molecule has 0 bridgehead atoms. The van der Waals surface area contributed by atoms with Crippen molar-refractivity contribution in [3.8, 4) is 28.5 Å². The number of imidazole rings is 1. The Hall–Kier alpha value is -3.80. The number of hydrogen-bond donors (Lipinski definition) is 1. The lowest BCUT2D eigenvalue weighted by atomic mass is 9.87. The third kappa shape index (κ3) is 5.83. The summed E-state index contributed by atoms with van der Waals surface area (Å²) in [7, 11) is 0. The summed E-state index contributed by atoms with van der Waals surface area (Å²) in [6, 6.07) is 20.1. The van der Waals surface area contributed by atoms with Crippen LogP contribution in [-0.4, -0.2) is 27.2 Å². The topological polar surface area (TPSA) is 77.5 Å². The first-order valence-electron chi connectivity index (χ1n) is 12.0. The Morgan fingerprint density at radius 1 is 1.03 bits per heavy atom. The molecule has 0 saturated heterocycles. The van der Waals surface area contributed by atoms with Crippen molar-refractivity contribution in [1.82, 2.24) is 9.55 Å². The molecule has 0 atom stereocenters. The smallest absolute Gasteiger partial charge is 0.309 e. The first-order valence-corrected chi connectivity index (χ1v) is 12.0. The Balaban J connectivity index is 1.44. The van der Waals surface area contributed by atoms with Gasteiger partial charge in [-0.3, -0.25) is 4.79 Å². The Kier molecular flexibility index (Phi) is 7.39. The van der Waals surface area contributed by atoms with Crippen LogP contribution in [0, 0.1) is 12.3 Å². The maximum atomic E-state index is 11.3. The zero-order valence-corrected chi connectivity index (χ0v) is 20.5. The maximum absolute atomic E-state index is 11.3. The SMILES string of the molecule is Cc1cnc(-c2ccc(-c3ccco3)cc2)n1Cc1ccccc1OCCCCC(C)(C)C(=O)O. The lowest BCUT2D eigenvalue weighted by Crippen LogP contribution is -2.23. The van der Waals surface area contributed by atoms with Crippen LogP contribution >= 0.6 is 0 Å². The molecule has 6 nitrogen and oxygen atoms in total. The minimum Gasteiger partial charge on any atom is -0.493 e. The zero-order chi connectivity index (χ0) is 24.8. The van der Waals surface area contributed by atoms with Gasteiger partial charge in [-0.1, -0.05) is 42.5 Å². The average Bonchev–Trinajstić information content (AvgIpc) is 3.51. The predicted molar refractivity (Wildman–Crippen MR) is 136 cm³/mol. The van der Waals surface area contributed by atoms with E-state index in [9.17, 15) is 9.90 Å². The highest BCUT2D eigenvalue weighted by Crippen LogP contribution is 2.28. The number of carboxylic acid groups (broad SMARTS) is 1. The second-order valence-corrected chi connectivity index (χ2v) is 9.47. The van der Waals surface area contributed by atoms with Gasteiger partial charge in [0.15, 0.2) is 0 Å². The second kappa shape index (κ2) is 10.6. The van der Waals surface area contributed by atoms with Crippen molar-refractivity contribution in [1.29, 1.82) is 0 Å². The number of aliphatic carboxylic acids is 1. The first-order chi connectivity index (χ1) is 16.8. The lowest BCUT2D eigenvalue weighted by molar-refractivity contribution is -0.147. The molecule has 0 amide bonds. The van der Waals surface area contributed by atoms with Crippen molar-refractivity contribution >= 4 is 5.97 Å². The Morgan fingerprint density at radius 2 is 1.77 bits per heavy atom. The summed E-state index contributed by atoms with van der Waals surface area (Å²) in [5.74, 6) is 1.83. The van der Waals surface area contributed by atoms with Crippen molar-refractivity contribution in [3.63, 3.8) is 0 Å². The van der Waals surface area contributed by atoms with Crippen molar-refractivity contribution in [2.45, 2.75) is 46.6 Å². The molecule has 2 aromatic heterocycles. The van der Waals surface area contributed by atoms with Crippen molar-refractivity contribution in [3.05, 3.63) is 84.4 Å². The normalized spacial score (nSPS) is 11.5. The molecule has 2 aromatic carbocycles. The number of unbranched alkanes of at least 4 members (excludes halogenated alkanes) is 1. The average molecular weight is 473 g/mol. The van der Waals surface area contributed by atoms with Gasteiger partial charge in [-0.25, -0.2) is 4.98 Å². The van der Waals surface area contributed by atoms with Crippen LogP contribution in [0.2, 0.25) is 0 Å². The van der Waals surface area contributed by atoms with E-state index in [1.54, 1.807) is 20.1 Å². The van der Waals surface area contributed by atoms with Gasteiger partial charge in [0.25, 0.3) is 0 Å². The van der Waals surface area contributed by atoms with E-state index in [1.165, 1.54) is 0 Å². The summed E-state index contributed by atoms with van der Waals surface area (Å²) in [5, 5.41) is 9.28. The maximum Gasteiger partial charge on any atom is 0.309 e. The number of rotatable bonds is 11. The van der Waals surface area contributed by atoms with Gasteiger partial charge in [0, 0.05) is 28.6 Å². The molecule has 182 valence electrons. The standard InChI is InChI=1S/C29H32N2O4/c1-21-19-30-27(23-14-12-22(13-15-23)25-11-8-18-35-25)31(21)20-24-9-4-5-10-26(24)34-17-7-6-16-29(2,3)28(32)33/h4-5,8-15,18-19H,6-7,16-17,20H2,1-3H3,(H,32,33). The van der Waals surface area contributed by atoms with Gasteiger partial charge in [0.1, 0.15) is 17.3 Å². The van der Waals surface area contributed by atoms with E-state index in [0.29, 0.717) is 19.6 Å². The fourth-order valence-electron chi connectivity index (χ4n) is 4.02. The summed E-state index contributed by atoms with van der Waals surface area (Å²) in [6.45, 7) is 6.78.